The Hall–Kier alpha value is -2.53. The average molecular weight is 328 g/mol. The summed E-state index contributed by atoms with van der Waals surface area (Å²) in [6, 6.07) is 14.5. The van der Waals surface area contributed by atoms with E-state index in [1.807, 2.05) is 50.2 Å². The minimum atomic E-state index is -0.520. The van der Waals surface area contributed by atoms with E-state index in [1.165, 1.54) is 0 Å². The number of hydrogen-bond acceptors (Lipinski definition) is 4. The Morgan fingerprint density at radius 2 is 1.88 bits per heavy atom. The first-order chi connectivity index (χ1) is 11.5. The molecule has 5 heteroatoms. The fourth-order valence-electron chi connectivity index (χ4n) is 2.47. The minimum absolute atomic E-state index is 0.0504. The fourth-order valence-corrected chi connectivity index (χ4v) is 2.47. The largest absolute Gasteiger partial charge is 0.496 e. The zero-order valence-electron chi connectivity index (χ0n) is 14.2. The number of carbonyl (C=O) groups is 1. The molecule has 0 fully saturated rings. The van der Waals surface area contributed by atoms with Gasteiger partial charge in [-0.25, -0.2) is 0 Å². The van der Waals surface area contributed by atoms with E-state index in [2.05, 4.69) is 10.6 Å². The highest BCUT2D eigenvalue weighted by atomic mass is 16.5. The van der Waals surface area contributed by atoms with Gasteiger partial charge in [-0.3, -0.25) is 4.79 Å². The number of methoxy groups -OCH3 is 1. The normalized spacial score (nSPS) is 11.9. The van der Waals surface area contributed by atoms with Crippen LogP contribution in [-0.4, -0.2) is 24.2 Å². The van der Waals surface area contributed by atoms with Crippen LogP contribution in [0.1, 0.15) is 31.0 Å². The molecule has 1 unspecified atom stereocenters. The Balaban J connectivity index is 2.30. The number of nitrogens with one attached hydrogen (secondary N) is 2. The first-order valence-electron chi connectivity index (χ1n) is 7.94. The fraction of sp³-hybridized carbons (Fsp3) is 0.316. The molecule has 0 heterocycles. The van der Waals surface area contributed by atoms with Crippen LogP contribution in [0.15, 0.2) is 48.5 Å². The van der Waals surface area contributed by atoms with Crippen molar-refractivity contribution in [1.82, 2.24) is 5.32 Å². The van der Waals surface area contributed by atoms with Crippen molar-refractivity contribution < 1.29 is 14.6 Å². The van der Waals surface area contributed by atoms with Gasteiger partial charge < -0.3 is 20.5 Å². The number of rotatable bonds is 7. The predicted molar refractivity (Wildman–Crippen MR) is 95.0 cm³/mol. The number of anilines is 1. The van der Waals surface area contributed by atoms with Crippen molar-refractivity contribution in [2.75, 3.05) is 12.4 Å². The summed E-state index contributed by atoms with van der Waals surface area (Å²) in [4.78, 5) is 12.6. The number of hydrogen-bond donors (Lipinski definition) is 3. The number of amides is 1. The molecule has 0 aliphatic heterocycles. The molecule has 1 amide bonds. The Morgan fingerprint density at radius 1 is 1.17 bits per heavy atom. The van der Waals surface area contributed by atoms with Crippen molar-refractivity contribution >= 4 is 11.6 Å². The van der Waals surface area contributed by atoms with Crippen LogP contribution in [0.25, 0.3) is 0 Å². The summed E-state index contributed by atoms with van der Waals surface area (Å²) < 4.78 is 5.21. The number of benzene rings is 2. The molecule has 0 bridgehead atoms. The quantitative estimate of drug-likeness (QED) is 0.731. The van der Waals surface area contributed by atoms with Gasteiger partial charge in [0.25, 0.3) is 0 Å². The van der Waals surface area contributed by atoms with Crippen LogP contribution in [0.3, 0.4) is 0 Å². The monoisotopic (exact) mass is 328 g/mol. The smallest absolute Gasteiger partial charge is 0.247 e. The van der Waals surface area contributed by atoms with Crippen molar-refractivity contribution in [2.24, 2.45) is 0 Å². The summed E-state index contributed by atoms with van der Waals surface area (Å²) in [7, 11) is 1.56. The molecule has 3 N–H and O–H groups in total. The van der Waals surface area contributed by atoms with Gasteiger partial charge >= 0.3 is 0 Å². The lowest BCUT2D eigenvalue weighted by atomic mass is 10.0. The molecule has 0 saturated carbocycles. The van der Waals surface area contributed by atoms with Gasteiger partial charge in [-0.15, -0.1) is 0 Å². The molecule has 5 nitrogen and oxygen atoms in total. The van der Waals surface area contributed by atoms with Crippen LogP contribution in [-0.2, 0) is 11.4 Å². The summed E-state index contributed by atoms with van der Waals surface area (Å²) >= 11 is 0. The van der Waals surface area contributed by atoms with E-state index in [-0.39, 0.29) is 18.6 Å². The van der Waals surface area contributed by atoms with Gasteiger partial charge in [0.2, 0.25) is 5.91 Å². The molecular weight excluding hydrogens is 304 g/mol. The third-order valence-corrected chi connectivity index (χ3v) is 3.59. The highest BCUT2D eigenvalue weighted by Gasteiger charge is 2.21. The van der Waals surface area contributed by atoms with Crippen LogP contribution in [0.5, 0.6) is 5.75 Å². The molecular formula is C19H24N2O3. The van der Waals surface area contributed by atoms with Crippen LogP contribution in [0.4, 0.5) is 5.69 Å². The van der Waals surface area contributed by atoms with Gasteiger partial charge in [-0.05, 0) is 37.6 Å². The highest BCUT2D eigenvalue weighted by Crippen LogP contribution is 2.26. The van der Waals surface area contributed by atoms with Gasteiger partial charge in [0.1, 0.15) is 11.8 Å². The summed E-state index contributed by atoms with van der Waals surface area (Å²) in [5.41, 5.74) is 2.28. The second-order valence-corrected chi connectivity index (χ2v) is 5.84. The summed E-state index contributed by atoms with van der Waals surface area (Å²) in [6.45, 7) is 3.72. The Bertz CT molecular complexity index is 672. The highest BCUT2D eigenvalue weighted by molar-refractivity contribution is 5.86. The van der Waals surface area contributed by atoms with Gasteiger partial charge in [0.15, 0.2) is 0 Å². The van der Waals surface area contributed by atoms with Crippen molar-refractivity contribution in [2.45, 2.75) is 32.5 Å². The van der Waals surface area contributed by atoms with E-state index in [4.69, 9.17) is 4.74 Å². The first kappa shape index (κ1) is 17.8. The van der Waals surface area contributed by atoms with E-state index >= 15 is 0 Å². The average Bonchev–Trinajstić information content (AvgIpc) is 2.59. The maximum atomic E-state index is 12.6. The second-order valence-electron chi connectivity index (χ2n) is 5.84. The van der Waals surface area contributed by atoms with Crippen molar-refractivity contribution in [3.05, 3.63) is 59.7 Å². The van der Waals surface area contributed by atoms with Crippen molar-refractivity contribution in [1.29, 1.82) is 0 Å². The number of ether oxygens (including phenoxy) is 1. The third kappa shape index (κ3) is 4.49. The number of carbonyl (C=O) groups excluding carboxylic acids is 1. The summed E-state index contributed by atoms with van der Waals surface area (Å²) in [5, 5.41) is 15.7. The zero-order valence-corrected chi connectivity index (χ0v) is 14.2. The molecule has 2 aromatic rings. The van der Waals surface area contributed by atoms with E-state index in [9.17, 15) is 9.90 Å². The van der Waals surface area contributed by atoms with Gasteiger partial charge in [-0.1, -0.05) is 30.3 Å². The van der Waals surface area contributed by atoms with Crippen molar-refractivity contribution in [3.63, 3.8) is 0 Å². The lowest BCUT2D eigenvalue weighted by Crippen LogP contribution is -2.37. The number of aliphatic hydroxyl groups is 1. The lowest BCUT2D eigenvalue weighted by molar-refractivity contribution is -0.122. The SMILES string of the molecule is COc1ccc(NC(C(=O)NC(C)C)c2ccccc2)cc1CO. The van der Waals surface area contributed by atoms with E-state index < -0.39 is 6.04 Å². The Morgan fingerprint density at radius 3 is 2.46 bits per heavy atom. The molecule has 128 valence electrons. The molecule has 0 radical (unpaired) electrons. The van der Waals surface area contributed by atoms with Gasteiger partial charge in [0.05, 0.1) is 13.7 Å². The zero-order chi connectivity index (χ0) is 17.5. The predicted octanol–water partition coefficient (Wildman–Crippen LogP) is 2.87. The lowest BCUT2D eigenvalue weighted by Gasteiger charge is -2.22. The number of aliphatic hydroxyl groups excluding tert-OH is 1. The molecule has 0 saturated heterocycles. The summed E-state index contributed by atoms with van der Waals surface area (Å²) in [6.07, 6.45) is 0. The van der Waals surface area contributed by atoms with Crippen LogP contribution in [0.2, 0.25) is 0 Å². The third-order valence-electron chi connectivity index (χ3n) is 3.59. The second kappa shape index (κ2) is 8.36. The molecule has 2 aromatic carbocycles. The van der Waals surface area contributed by atoms with Crippen LogP contribution >= 0.6 is 0 Å². The summed E-state index contributed by atoms with van der Waals surface area (Å²) in [5.74, 6) is 0.517. The molecule has 0 spiro atoms. The standard InChI is InChI=1S/C19H24N2O3/c1-13(2)20-19(23)18(14-7-5-4-6-8-14)21-16-9-10-17(24-3)15(11-16)12-22/h4-11,13,18,21-22H,12H2,1-3H3,(H,20,23). The van der Waals surface area contributed by atoms with Crippen molar-refractivity contribution in [3.8, 4) is 5.75 Å². The maximum Gasteiger partial charge on any atom is 0.247 e. The minimum Gasteiger partial charge on any atom is -0.496 e. The van der Waals surface area contributed by atoms with E-state index in [1.54, 1.807) is 19.2 Å². The van der Waals surface area contributed by atoms with Gasteiger partial charge in [-0.2, -0.15) is 0 Å². The van der Waals surface area contributed by atoms with Crippen LogP contribution in [0, 0.1) is 0 Å². The van der Waals surface area contributed by atoms with Crippen LogP contribution < -0.4 is 15.4 Å². The molecule has 2 rings (SSSR count). The Kier molecular flexibility index (Phi) is 6.21. The molecule has 0 aliphatic carbocycles. The molecule has 0 aromatic heterocycles. The topological polar surface area (TPSA) is 70.6 Å². The molecule has 24 heavy (non-hydrogen) atoms. The van der Waals surface area contributed by atoms with E-state index in [0.717, 1.165) is 11.3 Å². The molecule has 0 aliphatic rings. The maximum absolute atomic E-state index is 12.6. The van der Waals surface area contributed by atoms with Gasteiger partial charge in [0, 0.05) is 17.3 Å². The Labute approximate surface area is 142 Å². The van der Waals surface area contributed by atoms with E-state index in [0.29, 0.717) is 11.3 Å². The first-order valence-corrected chi connectivity index (χ1v) is 7.94. The molecule has 1 atom stereocenters.